The Morgan fingerprint density at radius 3 is 2.89 bits per heavy atom. The number of aromatic nitrogens is 4. The molecule has 0 fully saturated rings. The highest BCUT2D eigenvalue weighted by Gasteiger charge is 2.09. The van der Waals surface area contributed by atoms with Gasteiger partial charge in [0.1, 0.15) is 0 Å². The van der Waals surface area contributed by atoms with Crippen molar-refractivity contribution in [1.29, 1.82) is 0 Å². The van der Waals surface area contributed by atoms with Crippen LogP contribution in [0.4, 0.5) is 0 Å². The largest absolute Gasteiger partial charge is 0.226 e. The first-order valence-electron chi connectivity index (χ1n) is 5.74. The van der Waals surface area contributed by atoms with Crippen molar-refractivity contribution in [2.75, 3.05) is 0 Å². The Morgan fingerprint density at radius 2 is 2.06 bits per heavy atom. The minimum Gasteiger partial charge on any atom is -0.226 e. The number of hydrogen-bond donors (Lipinski definition) is 0. The van der Waals surface area contributed by atoms with E-state index in [4.69, 9.17) is 11.6 Å². The van der Waals surface area contributed by atoms with Crippen molar-refractivity contribution in [2.45, 2.75) is 13.3 Å². The molecule has 0 saturated heterocycles. The maximum atomic E-state index is 5.85. The first-order chi connectivity index (χ1) is 8.79. The molecule has 0 bridgehead atoms. The van der Waals surface area contributed by atoms with E-state index in [1.807, 2.05) is 22.9 Å². The van der Waals surface area contributed by atoms with Gasteiger partial charge in [0.05, 0.1) is 17.3 Å². The summed E-state index contributed by atoms with van der Waals surface area (Å²) in [6.45, 7) is 2.12. The third-order valence-corrected chi connectivity index (χ3v) is 3.06. The van der Waals surface area contributed by atoms with E-state index in [9.17, 15) is 0 Å². The summed E-state index contributed by atoms with van der Waals surface area (Å²) in [5.41, 5.74) is 2.98. The van der Waals surface area contributed by atoms with Gasteiger partial charge in [0.25, 0.3) is 0 Å². The first-order valence-corrected chi connectivity index (χ1v) is 6.12. The second-order valence-electron chi connectivity index (χ2n) is 3.96. The molecule has 0 aliphatic carbocycles. The highest BCUT2D eigenvalue weighted by atomic mass is 35.5. The molecule has 0 atom stereocenters. The predicted molar refractivity (Wildman–Crippen MR) is 71.0 cm³/mol. The normalized spacial score (nSPS) is 11.0. The van der Waals surface area contributed by atoms with Crippen LogP contribution in [-0.4, -0.2) is 19.7 Å². The molecule has 4 nitrogen and oxygen atoms in total. The number of hydrogen-bond acceptors (Lipinski definition) is 3. The standard InChI is InChI=1S/C13H11ClN4/c1-2-9-5-3-4-6-11(9)18-12-10(8-16-18)7-15-13(14)17-12/h3-8H,2H2,1H3. The highest BCUT2D eigenvalue weighted by Crippen LogP contribution is 2.20. The number of nitrogens with zero attached hydrogens (tertiary/aromatic N) is 4. The maximum absolute atomic E-state index is 5.85. The van der Waals surface area contributed by atoms with Crippen LogP contribution in [0.25, 0.3) is 16.7 Å². The zero-order valence-electron chi connectivity index (χ0n) is 9.84. The molecule has 5 heteroatoms. The Kier molecular flexibility index (Phi) is 2.72. The van der Waals surface area contributed by atoms with Crippen molar-refractivity contribution < 1.29 is 0 Å². The summed E-state index contributed by atoms with van der Waals surface area (Å²) in [5, 5.41) is 5.49. The molecule has 90 valence electrons. The van der Waals surface area contributed by atoms with Gasteiger partial charge in [0.2, 0.25) is 5.28 Å². The lowest BCUT2D eigenvalue weighted by atomic mass is 10.1. The van der Waals surface area contributed by atoms with Crippen LogP contribution in [0.3, 0.4) is 0 Å². The molecule has 2 heterocycles. The fourth-order valence-corrected chi connectivity index (χ4v) is 2.12. The van der Waals surface area contributed by atoms with Crippen LogP contribution in [0.2, 0.25) is 5.28 Å². The van der Waals surface area contributed by atoms with Crippen LogP contribution < -0.4 is 0 Å². The summed E-state index contributed by atoms with van der Waals surface area (Å²) in [5.74, 6) is 0. The van der Waals surface area contributed by atoms with Gasteiger partial charge in [-0.25, -0.2) is 9.67 Å². The Labute approximate surface area is 109 Å². The van der Waals surface area contributed by atoms with Crippen LogP contribution >= 0.6 is 11.6 Å². The van der Waals surface area contributed by atoms with Crippen molar-refractivity contribution in [3.63, 3.8) is 0 Å². The molecule has 18 heavy (non-hydrogen) atoms. The van der Waals surface area contributed by atoms with Gasteiger partial charge in [-0.1, -0.05) is 25.1 Å². The Morgan fingerprint density at radius 1 is 1.22 bits per heavy atom. The fourth-order valence-electron chi connectivity index (χ4n) is 1.99. The van der Waals surface area contributed by atoms with Crippen molar-refractivity contribution in [1.82, 2.24) is 19.7 Å². The molecule has 0 radical (unpaired) electrons. The van der Waals surface area contributed by atoms with E-state index in [1.54, 1.807) is 12.4 Å². The van der Waals surface area contributed by atoms with Crippen LogP contribution in [-0.2, 0) is 6.42 Å². The van der Waals surface area contributed by atoms with Gasteiger partial charge < -0.3 is 0 Å². The van der Waals surface area contributed by atoms with Crippen molar-refractivity contribution in [2.24, 2.45) is 0 Å². The second kappa shape index (κ2) is 4.38. The second-order valence-corrected chi connectivity index (χ2v) is 4.29. The third kappa shape index (κ3) is 1.75. The number of aryl methyl sites for hydroxylation is 1. The molecule has 0 spiro atoms. The average Bonchev–Trinajstić information content (AvgIpc) is 2.81. The van der Waals surface area contributed by atoms with E-state index in [1.165, 1.54) is 5.56 Å². The Balaban J connectivity index is 2.28. The van der Waals surface area contributed by atoms with Gasteiger partial charge >= 0.3 is 0 Å². The Hall–Kier alpha value is -1.94. The molecule has 0 amide bonds. The van der Waals surface area contributed by atoms with Gasteiger partial charge in [-0.15, -0.1) is 0 Å². The van der Waals surface area contributed by atoms with E-state index in [2.05, 4.69) is 28.1 Å². The van der Waals surface area contributed by atoms with E-state index in [-0.39, 0.29) is 5.28 Å². The molecule has 0 saturated carbocycles. The molecule has 0 N–H and O–H groups in total. The predicted octanol–water partition coefficient (Wildman–Crippen LogP) is 3.03. The zero-order chi connectivity index (χ0) is 12.5. The highest BCUT2D eigenvalue weighted by molar-refractivity contribution is 6.28. The van der Waals surface area contributed by atoms with Gasteiger partial charge in [0.15, 0.2) is 5.65 Å². The van der Waals surface area contributed by atoms with Gasteiger partial charge in [0, 0.05) is 6.20 Å². The summed E-state index contributed by atoms with van der Waals surface area (Å²) < 4.78 is 1.81. The summed E-state index contributed by atoms with van der Waals surface area (Å²) in [4.78, 5) is 8.20. The number of fused-ring (bicyclic) bond motifs is 1. The lowest BCUT2D eigenvalue weighted by Gasteiger charge is -2.08. The smallest absolute Gasteiger partial charge is 0.224 e. The van der Waals surface area contributed by atoms with E-state index >= 15 is 0 Å². The summed E-state index contributed by atoms with van der Waals surface area (Å²) >= 11 is 5.85. The maximum Gasteiger partial charge on any atom is 0.224 e. The fraction of sp³-hybridized carbons (Fsp3) is 0.154. The first kappa shape index (κ1) is 11.2. The number of para-hydroxylation sites is 1. The monoisotopic (exact) mass is 258 g/mol. The van der Waals surface area contributed by atoms with Crippen LogP contribution in [0.15, 0.2) is 36.7 Å². The number of benzene rings is 1. The minimum absolute atomic E-state index is 0.234. The summed E-state index contributed by atoms with van der Waals surface area (Å²) in [6, 6.07) is 8.13. The topological polar surface area (TPSA) is 43.6 Å². The van der Waals surface area contributed by atoms with Gasteiger partial charge in [-0.2, -0.15) is 10.1 Å². The van der Waals surface area contributed by atoms with E-state index in [0.29, 0.717) is 0 Å². The van der Waals surface area contributed by atoms with Crippen molar-refractivity contribution in [3.8, 4) is 5.69 Å². The minimum atomic E-state index is 0.234. The molecule has 0 aliphatic rings. The molecule has 0 unspecified atom stereocenters. The SMILES string of the molecule is CCc1ccccc1-n1ncc2cnc(Cl)nc21. The molecule has 2 aromatic heterocycles. The molecule has 0 aliphatic heterocycles. The third-order valence-electron chi connectivity index (χ3n) is 2.88. The van der Waals surface area contributed by atoms with E-state index < -0.39 is 0 Å². The van der Waals surface area contributed by atoms with Crippen molar-refractivity contribution >= 4 is 22.6 Å². The number of halogens is 1. The molecular weight excluding hydrogens is 248 g/mol. The molecule has 3 rings (SSSR count). The lowest BCUT2D eigenvalue weighted by molar-refractivity contribution is 0.877. The van der Waals surface area contributed by atoms with E-state index in [0.717, 1.165) is 23.1 Å². The van der Waals surface area contributed by atoms with Crippen LogP contribution in [0.5, 0.6) is 0 Å². The Bertz CT molecular complexity index is 705. The quantitative estimate of drug-likeness (QED) is 0.664. The van der Waals surface area contributed by atoms with Crippen LogP contribution in [0.1, 0.15) is 12.5 Å². The molecular formula is C13H11ClN4. The number of rotatable bonds is 2. The zero-order valence-corrected chi connectivity index (χ0v) is 10.6. The van der Waals surface area contributed by atoms with Crippen molar-refractivity contribution in [3.05, 3.63) is 47.5 Å². The lowest BCUT2D eigenvalue weighted by Crippen LogP contribution is -2.01. The van der Waals surface area contributed by atoms with Gasteiger partial charge in [-0.3, -0.25) is 0 Å². The van der Waals surface area contributed by atoms with Crippen LogP contribution in [0, 0.1) is 0 Å². The average molecular weight is 259 g/mol. The summed E-state index contributed by atoms with van der Waals surface area (Å²) in [7, 11) is 0. The summed E-state index contributed by atoms with van der Waals surface area (Å²) in [6.07, 6.45) is 4.37. The molecule has 1 aromatic carbocycles. The molecule has 3 aromatic rings. The van der Waals surface area contributed by atoms with Gasteiger partial charge in [-0.05, 0) is 29.7 Å².